The van der Waals surface area contributed by atoms with Gasteiger partial charge in [-0.1, -0.05) is 41.9 Å². The molecule has 3 aromatic carbocycles. The zero-order valence-electron chi connectivity index (χ0n) is 14.2. The Morgan fingerprint density at radius 2 is 1.46 bits per heavy atom. The lowest BCUT2D eigenvalue weighted by atomic mass is 10.2. The van der Waals surface area contributed by atoms with Crippen molar-refractivity contribution in [1.29, 1.82) is 0 Å². The van der Waals surface area contributed by atoms with Gasteiger partial charge in [0.2, 0.25) is 0 Å². The minimum atomic E-state index is -3.60. The molecule has 0 aromatic heterocycles. The van der Waals surface area contributed by atoms with Crippen LogP contribution >= 0.6 is 11.6 Å². The number of sulfonamides is 1. The van der Waals surface area contributed by atoms with Gasteiger partial charge in [0.05, 0.1) is 4.90 Å². The van der Waals surface area contributed by atoms with Gasteiger partial charge in [-0.25, -0.2) is 8.42 Å². The van der Waals surface area contributed by atoms with E-state index < -0.39 is 10.0 Å². The van der Waals surface area contributed by atoms with Gasteiger partial charge in [0.1, 0.15) is 0 Å². The van der Waals surface area contributed by atoms with Crippen molar-refractivity contribution in [2.24, 2.45) is 0 Å². The topological polar surface area (TPSA) is 58.2 Å². The number of nitrogens with one attached hydrogen (secondary N) is 2. The van der Waals surface area contributed by atoms with Crippen molar-refractivity contribution >= 4 is 33.0 Å². The van der Waals surface area contributed by atoms with Crippen molar-refractivity contribution in [2.45, 2.75) is 18.4 Å². The molecule has 134 valence electrons. The molecule has 0 atom stereocenters. The van der Waals surface area contributed by atoms with Crippen molar-refractivity contribution in [1.82, 2.24) is 0 Å². The third-order valence-corrected chi connectivity index (χ3v) is 5.72. The summed E-state index contributed by atoms with van der Waals surface area (Å²) in [6, 6.07) is 21.7. The summed E-state index contributed by atoms with van der Waals surface area (Å²) in [6.45, 7) is 2.43. The normalized spacial score (nSPS) is 11.2. The second-order valence-corrected chi connectivity index (χ2v) is 8.02. The maximum atomic E-state index is 12.5. The molecule has 0 saturated carbocycles. The highest BCUT2D eigenvalue weighted by atomic mass is 35.5. The Balaban J connectivity index is 1.66. The Kier molecular flexibility index (Phi) is 5.49. The summed E-state index contributed by atoms with van der Waals surface area (Å²) in [5.74, 6) is 0. The minimum absolute atomic E-state index is 0.282. The van der Waals surface area contributed by atoms with Crippen LogP contribution in [0.15, 0.2) is 77.7 Å². The van der Waals surface area contributed by atoms with Crippen LogP contribution in [-0.4, -0.2) is 8.42 Å². The molecule has 3 aromatic rings. The first-order valence-electron chi connectivity index (χ1n) is 8.11. The van der Waals surface area contributed by atoms with E-state index in [2.05, 4.69) is 10.0 Å². The van der Waals surface area contributed by atoms with E-state index in [1.807, 2.05) is 42.5 Å². The highest BCUT2D eigenvalue weighted by molar-refractivity contribution is 7.92. The van der Waals surface area contributed by atoms with Gasteiger partial charge in [0, 0.05) is 22.9 Å². The average Bonchev–Trinajstić information content (AvgIpc) is 2.62. The number of hydrogen-bond donors (Lipinski definition) is 2. The third kappa shape index (κ3) is 4.56. The van der Waals surface area contributed by atoms with E-state index in [1.54, 1.807) is 37.3 Å². The van der Waals surface area contributed by atoms with E-state index in [9.17, 15) is 8.42 Å². The standard InChI is InChI=1S/C20H19ClN2O2S/c1-15-4-2-3-5-20(15)26(24,25)23-19-12-10-18(11-13-19)22-14-16-6-8-17(21)9-7-16/h2-13,22-23H,14H2,1H3. The molecule has 0 fully saturated rings. The van der Waals surface area contributed by atoms with E-state index in [1.165, 1.54) is 0 Å². The zero-order chi connectivity index (χ0) is 18.6. The van der Waals surface area contributed by atoms with Gasteiger partial charge >= 0.3 is 0 Å². The molecule has 0 amide bonds. The molecule has 0 aliphatic rings. The van der Waals surface area contributed by atoms with Crippen LogP contribution in [0, 0.1) is 6.92 Å². The third-order valence-electron chi connectivity index (χ3n) is 3.93. The molecule has 26 heavy (non-hydrogen) atoms. The van der Waals surface area contributed by atoms with Crippen LogP contribution in [0.4, 0.5) is 11.4 Å². The molecule has 0 heterocycles. The quantitative estimate of drug-likeness (QED) is 0.622. The van der Waals surface area contributed by atoms with Crippen molar-refractivity contribution in [3.8, 4) is 0 Å². The van der Waals surface area contributed by atoms with Gasteiger partial charge in [-0.05, 0) is 60.5 Å². The molecule has 6 heteroatoms. The molecule has 0 spiro atoms. The molecule has 4 nitrogen and oxygen atoms in total. The van der Waals surface area contributed by atoms with Gasteiger partial charge in [-0.2, -0.15) is 0 Å². The monoisotopic (exact) mass is 386 g/mol. The first-order chi connectivity index (χ1) is 12.4. The van der Waals surface area contributed by atoms with E-state index in [0.717, 1.165) is 11.3 Å². The Morgan fingerprint density at radius 1 is 0.846 bits per heavy atom. The number of benzene rings is 3. The Labute approximate surface area is 158 Å². The lowest BCUT2D eigenvalue weighted by Crippen LogP contribution is -2.14. The van der Waals surface area contributed by atoms with Crippen LogP contribution in [0.3, 0.4) is 0 Å². The van der Waals surface area contributed by atoms with Gasteiger partial charge in [0.25, 0.3) is 10.0 Å². The fraction of sp³-hybridized carbons (Fsp3) is 0.100. The molecule has 0 unspecified atom stereocenters. The number of anilines is 2. The van der Waals surface area contributed by atoms with Gasteiger partial charge in [-0.15, -0.1) is 0 Å². The van der Waals surface area contributed by atoms with Crippen molar-refractivity contribution in [2.75, 3.05) is 10.0 Å². The summed E-state index contributed by atoms with van der Waals surface area (Å²) in [4.78, 5) is 0.282. The van der Waals surface area contributed by atoms with Crippen LogP contribution in [0.1, 0.15) is 11.1 Å². The molecule has 0 saturated heterocycles. The van der Waals surface area contributed by atoms with Gasteiger partial charge in [0.15, 0.2) is 0 Å². The lowest BCUT2D eigenvalue weighted by molar-refractivity contribution is 0.600. The summed E-state index contributed by atoms with van der Waals surface area (Å²) in [5, 5.41) is 4.00. The largest absolute Gasteiger partial charge is 0.381 e. The SMILES string of the molecule is Cc1ccccc1S(=O)(=O)Nc1ccc(NCc2ccc(Cl)cc2)cc1. The van der Waals surface area contributed by atoms with Crippen LogP contribution in [-0.2, 0) is 16.6 Å². The summed E-state index contributed by atoms with van der Waals surface area (Å²) >= 11 is 5.88. The first kappa shape index (κ1) is 18.3. The van der Waals surface area contributed by atoms with Crippen molar-refractivity contribution in [3.63, 3.8) is 0 Å². The molecule has 3 rings (SSSR count). The predicted molar refractivity (Wildman–Crippen MR) is 107 cm³/mol. The molecule has 0 bridgehead atoms. The van der Waals surface area contributed by atoms with E-state index >= 15 is 0 Å². The van der Waals surface area contributed by atoms with E-state index in [-0.39, 0.29) is 4.90 Å². The van der Waals surface area contributed by atoms with Crippen LogP contribution in [0.25, 0.3) is 0 Å². The number of hydrogen-bond acceptors (Lipinski definition) is 3. The highest BCUT2D eigenvalue weighted by Gasteiger charge is 2.16. The number of aryl methyl sites for hydroxylation is 1. The molecule has 2 N–H and O–H groups in total. The zero-order valence-corrected chi connectivity index (χ0v) is 15.8. The highest BCUT2D eigenvalue weighted by Crippen LogP contribution is 2.21. The Hall–Kier alpha value is -2.50. The van der Waals surface area contributed by atoms with Crippen molar-refractivity contribution < 1.29 is 8.42 Å². The summed E-state index contributed by atoms with van der Waals surface area (Å²) in [5.41, 5.74) is 3.24. The lowest BCUT2D eigenvalue weighted by Gasteiger charge is -2.11. The average molecular weight is 387 g/mol. The van der Waals surface area contributed by atoms with Crippen LogP contribution < -0.4 is 10.0 Å². The van der Waals surface area contributed by atoms with E-state index in [4.69, 9.17) is 11.6 Å². The molecule has 0 aliphatic carbocycles. The number of halogens is 1. The summed E-state index contributed by atoms with van der Waals surface area (Å²) in [7, 11) is -3.60. The van der Waals surface area contributed by atoms with E-state index in [0.29, 0.717) is 22.8 Å². The van der Waals surface area contributed by atoms with Gasteiger partial charge < -0.3 is 5.32 Å². The predicted octanol–water partition coefficient (Wildman–Crippen LogP) is 5.06. The summed E-state index contributed by atoms with van der Waals surface area (Å²) < 4.78 is 27.6. The Morgan fingerprint density at radius 3 is 2.12 bits per heavy atom. The molecule has 0 radical (unpaired) electrons. The van der Waals surface area contributed by atoms with Crippen LogP contribution in [0.5, 0.6) is 0 Å². The second-order valence-electron chi connectivity index (χ2n) is 5.93. The second kappa shape index (κ2) is 7.81. The fourth-order valence-corrected chi connectivity index (χ4v) is 3.96. The van der Waals surface area contributed by atoms with Crippen molar-refractivity contribution in [3.05, 3.63) is 88.9 Å². The minimum Gasteiger partial charge on any atom is -0.381 e. The smallest absolute Gasteiger partial charge is 0.262 e. The fourth-order valence-electron chi connectivity index (χ4n) is 2.53. The van der Waals surface area contributed by atoms with Crippen LogP contribution in [0.2, 0.25) is 5.02 Å². The van der Waals surface area contributed by atoms with Gasteiger partial charge in [-0.3, -0.25) is 4.72 Å². The Bertz CT molecular complexity index is 985. The molecular formula is C20H19ClN2O2S. The maximum absolute atomic E-state index is 12.5. The summed E-state index contributed by atoms with van der Waals surface area (Å²) in [6.07, 6.45) is 0. The molecular weight excluding hydrogens is 368 g/mol. The first-order valence-corrected chi connectivity index (χ1v) is 9.97. The maximum Gasteiger partial charge on any atom is 0.262 e. The molecule has 0 aliphatic heterocycles. The number of rotatable bonds is 6.